The van der Waals surface area contributed by atoms with Crippen molar-refractivity contribution in [1.82, 2.24) is 0 Å². The predicted octanol–water partition coefficient (Wildman–Crippen LogP) is 2.40. The third-order valence-electron chi connectivity index (χ3n) is 2.34. The van der Waals surface area contributed by atoms with Crippen molar-refractivity contribution in [1.29, 1.82) is 0 Å². The first kappa shape index (κ1) is 11.0. The summed E-state index contributed by atoms with van der Waals surface area (Å²) in [5.74, 6) is 1.81. The van der Waals surface area contributed by atoms with Gasteiger partial charge in [0.25, 0.3) is 0 Å². The zero-order valence-electron chi connectivity index (χ0n) is 8.59. The molecule has 0 N–H and O–H groups in total. The molecule has 1 rings (SSSR count). The molecule has 0 bridgehead atoms. The molecule has 66 valence electrons. The Morgan fingerprint density at radius 3 is 1.27 bits per heavy atom. The molecule has 0 unspecified atom stereocenters. The number of hydrogen-bond acceptors (Lipinski definition) is 0. The van der Waals surface area contributed by atoms with Gasteiger partial charge in [-0.25, -0.2) is 0 Å². The lowest BCUT2D eigenvalue weighted by atomic mass is 10.00. The molecule has 1 aliphatic rings. The zero-order valence-corrected chi connectivity index (χ0v) is 10.6. The van der Waals surface area contributed by atoms with Crippen LogP contribution < -0.4 is 0 Å². The minimum atomic E-state index is 0.904. The van der Waals surface area contributed by atoms with Crippen molar-refractivity contribution in [2.75, 3.05) is 0 Å². The summed E-state index contributed by atoms with van der Waals surface area (Å²) in [6, 6.07) is 0. The second kappa shape index (κ2) is 5.59. The van der Waals surface area contributed by atoms with Crippen LogP contribution in [0.1, 0.15) is 34.1 Å². The van der Waals surface area contributed by atoms with Gasteiger partial charge in [0.05, 0.1) is 0 Å². The molecule has 0 saturated heterocycles. The van der Waals surface area contributed by atoms with Crippen molar-refractivity contribution < 1.29 is 0 Å². The number of rotatable bonds is 2. The molecule has 0 radical (unpaired) electrons. The van der Waals surface area contributed by atoms with Gasteiger partial charge >= 0.3 is 0 Å². The fraction of sp³-hybridized carbons (Fsp3) is 0.800. The predicted molar refractivity (Wildman–Crippen MR) is 57.1 cm³/mol. The quantitative estimate of drug-likeness (QED) is 0.441. The average molecular weight is 170 g/mol. The lowest BCUT2D eigenvalue weighted by Crippen LogP contribution is -2.08. The van der Waals surface area contributed by atoms with Gasteiger partial charge in [-0.1, -0.05) is 45.4 Å². The minimum Gasteiger partial charge on any atom is -0.0844 e. The first-order valence-corrected chi connectivity index (χ1v) is 5.86. The van der Waals surface area contributed by atoms with E-state index in [0.29, 0.717) is 0 Å². The Morgan fingerprint density at radius 2 is 1.27 bits per heavy atom. The second-order valence-corrected chi connectivity index (χ2v) is 5.39. The van der Waals surface area contributed by atoms with Crippen molar-refractivity contribution in [2.24, 2.45) is 11.8 Å². The maximum absolute atomic E-state index is 2.32. The summed E-state index contributed by atoms with van der Waals surface area (Å²) in [5.41, 5.74) is 1.01. The SMILES string of the molecule is C1=CC1.CC(C)C([SiH3])C(C)C. The monoisotopic (exact) mass is 170 g/mol. The highest BCUT2D eigenvalue weighted by molar-refractivity contribution is 6.11. The lowest BCUT2D eigenvalue weighted by Gasteiger charge is -2.18. The van der Waals surface area contributed by atoms with Crippen LogP contribution in [0.15, 0.2) is 12.2 Å². The Bertz CT molecular complexity index is 102. The van der Waals surface area contributed by atoms with E-state index in [1.807, 2.05) is 0 Å². The standard InChI is InChI=1S/C7H18Si.C3H4/c1-5(2)7(8)6(3)4;1-2-3-1/h5-7H,1-4,8H3;1-2H,3H2. The molecule has 0 heterocycles. The van der Waals surface area contributed by atoms with E-state index in [1.54, 1.807) is 0 Å². The lowest BCUT2D eigenvalue weighted by molar-refractivity contribution is 0.469. The van der Waals surface area contributed by atoms with Crippen LogP contribution in [0.4, 0.5) is 0 Å². The summed E-state index contributed by atoms with van der Waals surface area (Å²) in [6.07, 6.45) is 5.50. The summed E-state index contributed by atoms with van der Waals surface area (Å²) in [5, 5.41) is 0. The van der Waals surface area contributed by atoms with Crippen molar-refractivity contribution in [3.8, 4) is 0 Å². The Kier molecular flexibility index (Phi) is 5.57. The molecule has 1 aliphatic carbocycles. The molecule has 0 aromatic heterocycles. The highest BCUT2D eigenvalue weighted by Gasteiger charge is 2.09. The summed E-state index contributed by atoms with van der Waals surface area (Å²) < 4.78 is 0. The van der Waals surface area contributed by atoms with E-state index < -0.39 is 0 Å². The molecule has 0 amide bonds. The fourth-order valence-electron chi connectivity index (χ4n) is 0.770. The largest absolute Gasteiger partial charge is 0.0844 e. The normalized spacial score (nSPS) is 14.1. The molecule has 1 heteroatoms. The van der Waals surface area contributed by atoms with Crippen molar-refractivity contribution in [2.45, 2.75) is 39.7 Å². The van der Waals surface area contributed by atoms with E-state index in [2.05, 4.69) is 39.8 Å². The molecule has 0 atom stereocenters. The first-order chi connectivity index (χ1) is 5.05. The molecule has 0 aromatic carbocycles. The average Bonchev–Trinajstić information content (AvgIpc) is 2.69. The highest BCUT2D eigenvalue weighted by Crippen LogP contribution is 2.21. The third-order valence-corrected chi connectivity index (χ3v) is 5.01. The van der Waals surface area contributed by atoms with Gasteiger partial charge in [0.15, 0.2) is 0 Å². The van der Waals surface area contributed by atoms with Crippen molar-refractivity contribution >= 4 is 10.2 Å². The van der Waals surface area contributed by atoms with Crippen molar-refractivity contribution in [3.05, 3.63) is 12.2 Å². The molecule has 0 aliphatic heterocycles. The molecule has 0 saturated carbocycles. The summed E-state index contributed by atoms with van der Waals surface area (Å²) >= 11 is 0. The Morgan fingerprint density at radius 1 is 1.00 bits per heavy atom. The van der Waals surface area contributed by atoms with Gasteiger partial charge in [-0.15, -0.1) is 0 Å². The van der Waals surface area contributed by atoms with E-state index >= 15 is 0 Å². The van der Waals surface area contributed by atoms with Crippen LogP contribution in [0, 0.1) is 11.8 Å². The van der Waals surface area contributed by atoms with Gasteiger partial charge in [-0.2, -0.15) is 0 Å². The van der Waals surface area contributed by atoms with E-state index in [4.69, 9.17) is 0 Å². The van der Waals surface area contributed by atoms with Crippen LogP contribution in [0.2, 0.25) is 5.54 Å². The summed E-state index contributed by atoms with van der Waals surface area (Å²) in [6.45, 7) is 9.27. The fourth-order valence-corrected chi connectivity index (χ4v) is 0.770. The van der Waals surface area contributed by atoms with Crippen LogP contribution in [-0.2, 0) is 0 Å². The summed E-state index contributed by atoms with van der Waals surface area (Å²) in [7, 11) is 1.36. The highest BCUT2D eigenvalue weighted by atomic mass is 28.1. The van der Waals surface area contributed by atoms with Gasteiger partial charge in [-0.05, 0) is 18.3 Å². The third kappa shape index (κ3) is 7.86. The van der Waals surface area contributed by atoms with Gasteiger partial charge in [0.1, 0.15) is 0 Å². The molecule has 11 heavy (non-hydrogen) atoms. The first-order valence-electron chi connectivity index (χ1n) is 4.70. The van der Waals surface area contributed by atoms with Gasteiger partial charge < -0.3 is 0 Å². The maximum Gasteiger partial charge on any atom is 0.00738 e. The number of allylic oxidation sites excluding steroid dienone is 2. The van der Waals surface area contributed by atoms with Crippen LogP contribution in [-0.4, -0.2) is 10.2 Å². The molecule has 0 aromatic rings. The van der Waals surface area contributed by atoms with Crippen LogP contribution in [0.3, 0.4) is 0 Å². The van der Waals surface area contributed by atoms with Gasteiger partial charge in [-0.3, -0.25) is 0 Å². The van der Waals surface area contributed by atoms with E-state index in [1.165, 1.54) is 16.7 Å². The minimum absolute atomic E-state index is 0.904. The zero-order chi connectivity index (χ0) is 8.85. The summed E-state index contributed by atoms with van der Waals surface area (Å²) in [4.78, 5) is 0. The van der Waals surface area contributed by atoms with E-state index in [9.17, 15) is 0 Å². The Balaban J connectivity index is 0.000000271. The van der Waals surface area contributed by atoms with Crippen LogP contribution in [0.25, 0.3) is 0 Å². The smallest absolute Gasteiger partial charge is 0.00738 e. The molecular formula is C10H22Si. The second-order valence-electron chi connectivity index (χ2n) is 4.05. The maximum atomic E-state index is 2.32. The topological polar surface area (TPSA) is 0 Å². The van der Waals surface area contributed by atoms with Crippen LogP contribution >= 0.6 is 0 Å². The molecule has 0 spiro atoms. The van der Waals surface area contributed by atoms with E-state index in [0.717, 1.165) is 17.4 Å². The number of hydrogen-bond donors (Lipinski definition) is 0. The van der Waals surface area contributed by atoms with Crippen molar-refractivity contribution in [3.63, 3.8) is 0 Å². The Labute approximate surface area is 74.5 Å². The molecule has 0 nitrogen and oxygen atoms in total. The molecule has 0 fully saturated rings. The molecular weight excluding hydrogens is 148 g/mol. The van der Waals surface area contributed by atoms with Gasteiger partial charge in [0.2, 0.25) is 0 Å². The Hall–Kier alpha value is -0.0431. The van der Waals surface area contributed by atoms with Gasteiger partial charge in [0, 0.05) is 10.2 Å². The van der Waals surface area contributed by atoms with Crippen LogP contribution in [0.5, 0.6) is 0 Å². The van der Waals surface area contributed by atoms with E-state index in [-0.39, 0.29) is 0 Å².